The van der Waals surface area contributed by atoms with Gasteiger partial charge >= 0.3 is 11.4 Å². The van der Waals surface area contributed by atoms with Gasteiger partial charge in [0.25, 0.3) is 11.1 Å². The summed E-state index contributed by atoms with van der Waals surface area (Å²) in [5.74, 6) is 0. The van der Waals surface area contributed by atoms with Gasteiger partial charge in [0.2, 0.25) is 0 Å². The van der Waals surface area contributed by atoms with E-state index in [0.29, 0.717) is 21.4 Å². The summed E-state index contributed by atoms with van der Waals surface area (Å²) in [5, 5.41) is 0.981. The average Bonchev–Trinajstić information content (AvgIpc) is 2.77. The molecule has 14 heteroatoms. The van der Waals surface area contributed by atoms with Crippen LogP contribution in [0.2, 0.25) is 0 Å². The molecule has 0 aliphatic heterocycles. The van der Waals surface area contributed by atoms with E-state index < -0.39 is 22.5 Å². The van der Waals surface area contributed by atoms with E-state index in [1.165, 1.54) is 58.9 Å². The molecule has 0 aliphatic rings. The number of aromatic nitrogens is 8. The molecule has 0 N–H and O–H groups in total. The van der Waals surface area contributed by atoms with E-state index in [2.05, 4.69) is 19.9 Å². The van der Waals surface area contributed by atoms with Gasteiger partial charge in [-0.05, 0) is 35.4 Å². The molecule has 166 valence electrons. The predicted octanol–water partition coefficient (Wildman–Crippen LogP) is -0.216. The third-order valence-electron chi connectivity index (χ3n) is 5.01. The van der Waals surface area contributed by atoms with E-state index in [9.17, 15) is 19.2 Å². The molecule has 4 aromatic heterocycles. The number of fused-ring (bicyclic) bond motifs is 2. The first-order valence-electron chi connectivity index (χ1n) is 9.26. The molecule has 0 saturated carbocycles. The van der Waals surface area contributed by atoms with Gasteiger partial charge in [0.05, 0.1) is 11.4 Å². The molecule has 0 bridgehead atoms. The summed E-state index contributed by atoms with van der Waals surface area (Å²) in [5.41, 5.74) is -0.424. The highest BCUT2D eigenvalue weighted by Crippen LogP contribution is 2.38. The molecule has 32 heavy (non-hydrogen) atoms. The summed E-state index contributed by atoms with van der Waals surface area (Å²) in [6, 6.07) is 0. The molecule has 0 aromatic carbocycles. The number of aryl methyl sites for hydroxylation is 4. The lowest BCUT2D eigenvalue weighted by atomic mass is 10.4. The zero-order valence-corrected chi connectivity index (χ0v) is 19.7. The van der Waals surface area contributed by atoms with Crippen LogP contribution in [0.4, 0.5) is 0 Å². The van der Waals surface area contributed by atoms with Crippen molar-refractivity contribution >= 4 is 43.9 Å². The Kier molecular flexibility index (Phi) is 5.29. The van der Waals surface area contributed by atoms with Gasteiger partial charge in [-0.1, -0.05) is 0 Å². The van der Waals surface area contributed by atoms with Crippen LogP contribution < -0.4 is 22.5 Å². The molecule has 12 nitrogen and oxygen atoms in total. The Morgan fingerprint density at radius 2 is 0.906 bits per heavy atom. The molecule has 4 heterocycles. The Morgan fingerprint density at radius 3 is 1.25 bits per heavy atom. The minimum Gasteiger partial charge on any atom is -0.279 e. The zero-order valence-electron chi connectivity index (χ0n) is 18.0. The lowest BCUT2D eigenvalue weighted by Gasteiger charge is -2.11. The minimum absolute atomic E-state index is 0.106. The summed E-state index contributed by atoms with van der Waals surface area (Å²) in [7, 11) is 8.28. The van der Waals surface area contributed by atoms with Crippen LogP contribution in [0.1, 0.15) is 11.4 Å². The maximum atomic E-state index is 12.4. The van der Waals surface area contributed by atoms with Crippen molar-refractivity contribution in [2.75, 3.05) is 0 Å². The predicted molar refractivity (Wildman–Crippen MR) is 121 cm³/mol. The summed E-state index contributed by atoms with van der Waals surface area (Å²) < 4.78 is 4.51. The first-order valence-corrected chi connectivity index (χ1v) is 11.4. The van der Waals surface area contributed by atoms with Crippen molar-refractivity contribution in [3.8, 4) is 0 Å². The molecule has 0 fully saturated rings. The Bertz CT molecular complexity index is 1560. The molecule has 0 unspecified atom stereocenters. The number of nitrogens with zero attached hydrogens (tertiary/aromatic N) is 8. The molecule has 0 saturated heterocycles. The quantitative estimate of drug-likeness (QED) is 0.366. The molecule has 0 atom stereocenters. The van der Waals surface area contributed by atoms with Crippen molar-refractivity contribution in [2.24, 2.45) is 28.2 Å². The van der Waals surface area contributed by atoms with Gasteiger partial charge in [-0.3, -0.25) is 27.9 Å². The van der Waals surface area contributed by atoms with Crippen molar-refractivity contribution in [1.29, 1.82) is 0 Å². The minimum atomic E-state index is -0.512. The maximum absolute atomic E-state index is 12.4. The van der Waals surface area contributed by atoms with Crippen molar-refractivity contribution in [2.45, 2.75) is 23.9 Å². The van der Waals surface area contributed by atoms with Gasteiger partial charge in [0.1, 0.15) is 10.1 Å². The fourth-order valence-corrected chi connectivity index (χ4v) is 5.26. The van der Waals surface area contributed by atoms with Gasteiger partial charge in [0, 0.05) is 28.2 Å². The highest BCUT2D eigenvalue weighted by molar-refractivity contribution is 8.76. The molecule has 4 aromatic rings. The van der Waals surface area contributed by atoms with Crippen LogP contribution in [0, 0.1) is 13.8 Å². The molecular formula is C18H18N8O4S2. The van der Waals surface area contributed by atoms with E-state index in [-0.39, 0.29) is 22.3 Å². The van der Waals surface area contributed by atoms with Crippen LogP contribution in [0.3, 0.4) is 0 Å². The van der Waals surface area contributed by atoms with Crippen LogP contribution in [0.25, 0.3) is 22.3 Å². The maximum Gasteiger partial charge on any atom is 0.332 e. The van der Waals surface area contributed by atoms with Crippen LogP contribution in [0.15, 0.2) is 29.2 Å². The standard InChI is InChI=1S/C18H18N8O4S2/c1-7-13(21-11-9(19-7)15(27)25(5)17(29)23(11)3)31-32-14-8(2)20-10-12(22-14)24(4)18(30)26(6)16(10)28/h1-6H3. The normalized spacial score (nSPS) is 11.6. The molecule has 4 rings (SSSR count). The molecule has 0 spiro atoms. The monoisotopic (exact) mass is 474 g/mol. The first kappa shape index (κ1) is 22.0. The molecule has 0 radical (unpaired) electrons. The fourth-order valence-electron chi connectivity index (χ4n) is 3.11. The van der Waals surface area contributed by atoms with Gasteiger partial charge in [-0.2, -0.15) is 0 Å². The van der Waals surface area contributed by atoms with Crippen LogP contribution in [-0.2, 0) is 28.2 Å². The lowest BCUT2D eigenvalue weighted by Crippen LogP contribution is -2.38. The molecule has 0 aliphatic carbocycles. The third-order valence-corrected chi connectivity index (χ3v) is 7.38. The summed E-state index contributed by atoms with van der Waals surface area (Å²) >= 11 is 0. The second-order valence-electron chi connectivity index (χ2n) is 7.15. The number of hydrogen-bond donors (Lipinski definition) is 0. The highest BCUT2D eigenvalue weighted by atomic mass is 33.1. The molecule has 0 amide bonds. The SMILES string of the molecule is Cc1nc2c(=O)n(C)c(=O)n(C)c2nc1SSc1nc2c(nc1C)c(=O)n(C)c(=O)n2C. The van der Waals surface area contributed by atoms with E-state index in [1.807, 2.05) is 0 Å². The van der Waals surface area contributed by atoms with Gasteiger partial charge in [-0.15, -0.1) is 0 Å². The Hall–Kier alpha value is -3.26. The second-order valence-corrected chi connectivity index (χ2v) is 9.26. The van der Waals surface area contributed by atoms with Crippen molar-refractivity contribution in [1.82, 2.24) is 38.2 Å². The smallest absolute Gasteiger partial charge is 0.279 e. The first-order chi connectivity index (χ1) is 15.0. The summed E-state index contributed by atoms with van der Waals surface area (Å²) in [6.45, 7) is 3.43. The van der Waals surface area contributed by atoms with Gasteiger partial charge in [-0.25, -0.2) is 29.5 Å². The zero-order chi connectivity index (χ0) is 23.5. The highest BCUT2D eigenvalue weighted by Gasteiger charge is 2.18. The van der Waals surface area contributed by atoms with Crippen molar-refractivity contribution in [3.05, 3.63) is 53.1 Å². The van der Waals surface area contributed by atoms with Crippen LogP contribution in [0.5, 0.6) is 0 Å². The second kappa shape index (κ2) is 7.70. The van der Waals surface area contributed by atoms with Gasteiger partial charge in [0.15, 0.2) is 22.3 Å². The van der Waals surface area contributed by atoms with E-state index in [4.69, 9.17) is 0 Å². The van der Waals surface area contributed by atoms with Gasteiger partial charge < -0.3 is 0 Å². The molecular weight excluding hydrogens is 456 g/mol. The third kappa shape index (κ3) is 3.26. The van der Waals surface area contributed by atoms with E-state index >= 15 is 0 Å². The van der Waals surface area contributed by atoms with Crippen molar-refractivity contribution < 1.29 is 0 Å². The fraction of sp³-hybridized carbons (Fsp3) is 0.333. The van der Waals surface area contributed by atoms with Crippen molar-refractivity contribution in [3.63, 3.8) is 0 Å². The van der Waals surface area contributed by atoms with E-state index in [1.54, 1.807) is 13.8 Å². The number of rotatable bonds is 3. The average molecular weight is 475 g/mol. The summed E-state index contributed by atoms with van der Waals surface area (Å²) in [4.78, 5) is 66.9. The Labute approximate surface area is 187 Å². The Balaban J connectivity index is 1.80. The Morgan fingerprint density at radius 1 is 0.562 bits per heavy atom. The largest absolute Gasteiger partial charge is 0.332 e. The van der Waals surface area contributed by atoms with Crippen LogP contribution in [-0.4, -0.2) is 38.2 Å². The van der Waals surface area contributed by atoms with Crippen LogP contribution >= 0.6 is 21.6 Å². The number of hydrogen-bond acceptors (Lipinski definition) is 10. The lowest BCUT2D eigenvalue weighted by molar-refractivity contribution is 0.699. The van der Waals surface area contributed by atoms with E-state index in [0.717, 1.165) is 9.13 Å². The topological polar surface area (TPSA) is 140 Å². The summed E-state index contributed by atoms with van der Waals surface area (Å²) in [6.07, 6.45) is 0.